The summed E-state index contributed by atoms with van der Waals surface area (Å²) >= 11 is 5.52. The molecule has 1 aromatic rings. The number of hydrogen-bond donors (Lipinski definition) is 1. The molecule has 0 amide bonds. The van der Waals surface area contributed by atoms with Crippen LogP contribution in [-0.4, -0.2) is 60.2 Å². The molecule has 1 N–H and O–H groups in total. The molecule has 0 unspecified atom stereocenters. The maximum absolute atomic E-state index is 11.9. The molecular formula is C16H21N3O5S2. The summed E-state index contributed by atoms with van der Waals surface area (Å²) in [5.74, 6) is 0.252. The zero-order valence-electron chi connectivity index (χ0n) is 14.2. The van der Waals surface area contributed by atoms with Crippen LogP contribution in [0.4, 0.5) is 11.4 Å². The average molecular weight is 399 g/mol. The Labute approximate surface area is 157 Å². The molecule has 3 rings (SSSR count). The molecule has 2 aliphatic rings. The fourth-order valence-electron chi connectivity index (χ4n) is 3.29. The second kappa shape index (κ2) is 7.85. The first kappa shape index (κ1) is 19.0. The van der Waals surface area contributed by atoms with E-state index in [0.29, 0.717) is 30.4 Å². The Hall–Kier alpha value is -1.78. The Morgan fingerprint density at radius 2 is 2.08 bits per heavy atom. The van der Waals surface area contributed by atoms with E-state index in [4.69, 9.17) is 17.0 Å². The highest BCUT2D eigenvalue weighted by molar-refractivity contribution is 7.91. The number of sulfone groups is 1. The van der Waals surface area contributed by atoms with Gasteiger partial charge in [0, 0.05) is 37.0 Å². The van der Waals surface area contributed by atoms with Crippen LogP contribution in [0.2, 0.25) is 0 Å². The summed E-state index contributed by atoms with van der Waals surface area (Å²) in [5.41, 5.74) is 0.623. The molecule has 10 heteroatoms. The third-order valence-electron chi connectivity index (χ3n) is 4.66. The van der Waals surface area contributed by atoms with E-state index in [9.17, 15) is 18.5 Å². The van der Waals surface area contributed by atoms with E-state index < -0.39 is 14.8 Å². The van der Waals surface area contributed by atoms with Gasteiger partial charge in [-0.2, -0.15) is 0 Å². The van der Waals surface area contributed by atoms with Crippen LogP contribution in [0.3, 0.4) is 0 Å². The number of non-ortho nitro benzene ring substituents is 1. The number of thiocarbonyl (C=S) groups is 1. The number of hydrogen-bond acceptors (Lipinski definition) is 6. The van der Waals surface area contributed by atoms with Gasteiger partial charge in [-0.3, -0.25) is 10.1 Å². The molecule has 26 heavy (non-hydrogen) atoms. The Morgan fingerprint density at radius 1 is 1.35 bits per heavy atom. The fourth-order valence-corrected chi connectivity index (χ4v) is 5.36. The third-order valence-corrected chi connectivity index (χ3v) is 6.75. The molecule has 8 nitrogen and oxygen atoms in total. The van der Waals surface area contributed by atoms with E-state index in [0.717, 1.165) is 12.8 Å². The van der Waals surface area contributed by atoms with Crippen molar-refractivity contribution in [2.75, 3.05) is 30.0 Å². The van der Waals surface area contributed by atoms with Gasteiger partial charge < -0.3 is 15.0 Å². The Bertz CT molecular complexity index is 776. The summed E-state index contributed by atoms with van der Waals surface area (Å²) in [6.45, 7) is 1.25. The van der Waals surface area contributed by atoms with Crippen molar-refractivity contribution in [1.82, 2.24) is 4.90 Å². The summed E-state index contributed by atoms with van der Waals surface area (Å²) in [7, 11) is -3.04. The van der Waals surface area contributed by atoms with Gasteiger partial charge in [0.15, 0.2) is 14.9 Å². The number of nitrogens with one attached hydrogen (secondary N) is 1. The average Bonchev–Trinajstić information content (AvgIpc) is 3.22. The maximum atomic E-state index is 11.9. The quantitative estimate of drug-likeness (QED) is 0.455. The maximum Gasteiger partial charge on any atom is 0.269 e. The number of nitro groups is 1. The highest BCUT2D eigenvalue weighted by Gasteiger charge is 2.35. The second-order valence-electron chi connectivity index (χ2n) is 6.58. The minimum Gasteiger partial charge on any atom is -0.376 e. The van der Waals surface area contributed by atoms with Crippen LogP contribution in [0.25, 0.3) is 0 Å². The minimum absolute atomic E-state index is 0.000401. The zero-order chi connectivity index (χ0) is 18.7. The number of rotatable bonds is 5. The number of anilines is 1. The number of benzene rings is 1. The zero-order valence-corrected chi connectivity index (χ0v) is 15.8. The molecule has 142 valence electrons. The van der Waals surface area contributed by atoms with E-state index in [1.165, 1.54) is 12.1 Å². The van der Waals surface area contributed by atoms with Crippen molar-refractivity contribution in [2.45, 2.75) is 31.4 Å². The second-order valence-corrected chi connectivity index (χ2v) is 9.19. The molecule has 0 spiro atoms. The van der Waals surface area contributed by atoms with E-state index in [1.54, 1.807) is 12.1 Å². The Morgan fingerprint density at radius 3 is 2.62 bits per heavy atom. The number of nitrogens with zero attached hydrogens (tertiary/aromatic N) is 2. The summed E-state index contributed by atoms with van der Waals surface area (Å²) in [6.07, 6.45) is 2.49. The predicted octanol–water partition coefficient (Wildman–Crippen LogP) is 1.96. The molecule has 1 aromatic carbocycles. The standard InChI is InChI=1S/C16H21N3O5S2/c20-19(21)13-5-3-12(4-6-13)17-16(25)18(10-15-2-1-8-24-15)14-7-9-26(22,23)11-14/h3-6,14-15H,1-2,7-11H2,(H,17,25)/t14-,15+/m0/s1. The molecule has 0 radical (unpaired) electrons. The Balaban J connectivity index is 1.72. The highest BCUT2D eigenvalue weighted by Crippen LogP contribution is 2.23. The SMILES string of the molecule is O=[N+]([O-])c1ccc(NC(=S)N(C[C@H]2CCCO2)[C@H]2CCS(=O)(=O)C2)cc1. The van der Waals surface area contributed by atoms with Gasteiger partial charge in [0.1, 0.15) is 0 Å². The van der Waals surface area contributed by atoms with Crippen molar-refractivity contribution in [3.63, 3.8) is 0 Å². The summed E-state index contributed by atoms with van der Waals surface area (Å²) in [6, 6.07) is 5.78. The van der Waals surface area contributed by atoms with Crippen molar-refractivity contribution in [1.29, 1.82) is 0 Å². The summed E-state index contributed by atoms with van der Waals surface area (Å²) < 4.78 is 29.4. The van der Waals surface area contributed by atoms with E-state index >= 15 is 0 Å². The van der Waals surface area contributed by atoms with Gasteiger partial charge in [0.05, 0.1) is 22.5 Å². The molecule has 2 heterocycles. The third kappa shape index (κ3) is 4.68. The van der Waals surface area contributed by atoms with Crippen LogP contribution < -0.4 is 5.32 Å². The predicted molar refractivity (Wildman–Crippen MR) is 102 cm³/mol. The summed E-state index contributed by atoms with van der Waals surface area (Å²) in [5, 5.41) is 14.2. The lowest BCUT2D eigenvalue weighted by Gasteiger charge is -2.33. The van der Waals surface area contributed by atoms with Gasteiger partial charge in [-0.15, -0.1) is 0 Å². The van der Waals surface area contributed by atoms with Crippen LogP contribution in [0, 0.1) is 10.1 Å². The highest BCUT2D eigenvalue weighted by atomic mass is 32.2. The molecular weight excluding hydrogens is 378 g/mol. The molecule has 2 saturated heterocycles. The van der Waals surface area contributed by atoms with Crippen molar-refractivity contribution >= 4 is 38.5 Å². The van der Waals surface area contributed by atoms with Crippen molar-refractivity contribution in [2.24, 2.45) is 0 Å². The van der Waals surface area contributed by atoms with Gasteiger partial charge in [-0.1, -0.05) is 0 Å². The fraction of sp³-hybridized carbons (Fsp3) is 0.562. The topological polar surface area (TPSA) is 102 Å². The van der Waals surface area contributed by atoms with Crippen LogP contribution in [0.5, 0.6) is 0 Å². The van der Waals surface area contributed by atoms with E-state index in [1.807, 2.05) is 4.90 Å². The monoisotopic (exact) mass is 399 g/mol. The van der Waals surface area contributed by atoms with Gasteiger partial charge in [0.2, 0.25) is 0 Å². The molecule has 0 aliphatic carbocycles. The van der Waals surface area contributed by atoms with Gasteiger partial charge in [-0.25, -0.2) is 8.42 Å². The number of nitro benzene ring substituents is 1. The Kier molecular flexibility index (Phi) is 5.73. The molecule has 0 bridgehead atoms. The molecule has 0 saturated carbocycles. The van der Waals surface area contributed by atoms with Crippen LogP contribution in [-0.2, 0) is 14.6 Å². The van der Waals surface area contributed by atoms with E-state index in [2.05, 4.69) is 5.32 Å². The first-order chi connectivity index (χ1) is 12.3. The number of ether oxygens (including phenoxy) is 1. The van der Waals surface area contributed by atoms with Crippen LogP contribution >= 0.6 is 12.2 Å². The first-order valence-electron chi connectivity index (χ1n) is 8.48. The lowest BCUT2D eigenvalue weighted by Crippen LogP contribution is -2.47. The lowest BCUT2D eigenvalue weighted by molar-refractivity contribution is -0.384. The first-order valence-corrected chi connectivity index (χ1v) is 10.7. The van der Waals surface area contributed by atoms with Crippen LogP contribution in [0.15, 0.2) is 24.3 Å². The van der Waals surface area contributed by atoms with Gasteiger partial charge in [0.25, 0.3) is 5.69 Å². The van der Waals surface area contributed by atoms with Gasteiger partial charge in [-0.05, 0) is 43.6 Å². The molecule has 2 aliphatic heterocycles. The van der Waals surface area contributed by atoms with Crippen molar-refractivity contribution in [3.8, 4) is 0 Å². The molecule has 2 fully saturated rings. The van der Waals surface area contributed by atoms with Crippen LogP contribution in [0.1, 0.15) is 19.3 Å². The van der Waals surface area contributed by atoms with E-state index in [-0.39, 0.29) is 29.3 Å². The van der Waals surface area contributed by atoms with Crippen molar-refractivity contribution in [3.05, 3.63) is 34.4 Å². The molecule has 0 aromatic heterocycles. The van der Waals surface area contributed by atoms with Gasteiger partial charge >= 0.3 is 0 Å². The van der Waals surface area contributed by atoms with Crippen molar-refractivity contribution < 1.29 is 18.1 Å². The lowest BCUT2D eigenvalue weighted by atomic mass is 10.2. The smallest absolute Gasteiger partial charge is 0.269 e. The minimum atomic E-state index is -3.04. The molecule has 2 atom stereocenters. The normalized spacial score (nSPS) is 24.3. The summed E-state index contributed by atoms with van der Waals surface area (Å²) in [4.78, 5) is 12.2. The largest absolute Gasteiger partial charge is 0.376 e.